The number of nitrogens with one attached hydrogen (secondary N) is 2. The van der Waals surface area contributed by atoms with Crippen LogP contribution in [0.25, 0.3) is 0 Å². The van der Waals surface area contributed by atoms with E-state index in [1.807, 2.05) is 12.1 Å². The van der Waals surface area contributed by atoms with E-state index in [1.54, 1.807) is 19.1 Å². The van der Waals surface area contributed by atoms with Crippen molar-refractivity contribution in [2.75, 3.05) is 56.7 Å². The highest BCUT2D eigenvalue weighted by molar-refractivity contribution is 5.80. The Morgan fingerprint density at radius 3 is 2.56 bits per heavy atom. The van der Waals surface area contributed by atoms with Crippen LogP contribution in [-0.2, 0) is 0 Å². The number of halogens is 2. The number of benzene rings is 2. The quantitative estimate of drug-likeness (QED) is 0.530. The molecular formula is C24H31F2N5O. The zero-order valence-corrected chi connectivity index (χ0v) is 18.7. The summed E-state index contributed by atoms with van der Waals surface area (Å²) in [6, 6.07) is 12.2. The highest BCUT2D eigenvalue weighted by Gasteiger charge is 2.28. The molecule has 2 aromatic carbocycles. The second kappa shape index (κ2) is 10.1. The molecule has 172 valence electrons. The molecule has 0 spiro atoms. The third-order valence-electron chi connectivity index (χ3n) is 6.27. The summed E-state index contributed by atoms with van der Waals surface area (Å²) in [6.45, 7) is 3.94. The summed E-state index contributed by atoms with van der Waals surface area (Å²) in [7, 11) is 3.43. The molecule has 8 heteroatoms. The minimum absolute atomic E-state index is 0.0586. The van der Waals surface area contributed by atoms with E-state index < -0.39 is 11.6 Å². The van der Waals surface area contributed by atoms with E-state index in [0.29, 0.717) is 19.0 Å². The molecule has 0 aromatic heterocycles. The lowest BCUT2D eigenvalue weighted by atomic mass is 10.1. The van der Waals surface area contributed by atoms with Crippen molar-refractivity contribution in [1.29, 1.82) is 0 Å². The SMILES string of the molecule is CN=C(NCC1CCN(c2cccc(OC)c2)C1)NC1CCN(c2c(F)cccc2F)C1. The van der Waals surface area contributed by atoms with Gasteiger partial charge in [0.2, 0.25) is 0 Å². The Bertz CT molecular complexity index is 933. The van der Waals surface area contributed by atoms with E-state index >= 15 is 0 Å². The van der Waals surface area contributed by atoms with Crippen molar-refractivity contribution >= 4 is 17.3 Å². The van der Waals surface area contributed by atoms with E-state index in [9.17, 15) is 8.78 Å². The number of rotatable bonds is 6. The van der Waals surface area contributed by atoms with Gasteiger partial charge in [-0.15, -0.1) is 0 Å². The lowest BCUT2D eigenvalue weighted by Crippen LogP contribution is -2.46. The highest BCUT2D eigenvalue weighted by Crippen LogP contribution is 2.28. The number of methoxy groups -OCH3 is 1. The molecule has 2 saturated heterocycles. The second-order valence-electron chi connectivity index (χ2n) is 8.40. The van der Waals surface area contributed by atoms with Gasteiger partial charge in [0.1, 0.15) is 23.1 Å². The van der Waals surface area contributed by atoms with Crippen LogP contribution in [0.4, 0.5) is 20.2 Å². The normalized spacial score (nSPS) is 21.2. The first-order chi connectivity index (χ1) is 15.6. The second-order valence-corrected chi connectivity index (χ2v) is 8.40. The summed E-state index contributed by atoms with van der Waals surface area (Å²) in [6.07, 6.45) is 1.90. The van der Waals surface area contributed by atoms with Gasteiger partial charge in [-0.3, -0.25) is 4.99 Å². The van der Waals surface area contributed by atoms with Crippen molar-refractivity contribution in [3.05, 3.63) is 54.1 Å². The van der Waals surface area contributed by atoms with Crippen LogP contribution in [0.3, 0.4) is 0 Å². The van der Waals surface area contributed by atoms with Crippen molar-refractivity contribution in [3.63, 3.8) is 0 Å². The maximum absolute atomic E-state index is 14.1. The lowest BCUT2D eigenvalue weighted by molar-refractivity contribution is 0.415. The fraction of sp³-hybridized carbons (Fsp3) is 0.458. The number of anilines is 2. The van der Waals surface area contributed by atoms with Crippen molar-refractivity contribution in [1.82, 2.24) is 10.6 Å². The van der Waals surface area contributed by atoms with Gasteiger partial charge in [-0.05, 0) is 43.0 Å². The maximum atomic E-state index is 14.1. The van der Waals surface area contributed by atoms with E-state index in [0.717, 1.165) is 44.2 Å². The predicted molar refractivity (Wildman–Crippen MR) is 125 cm³/mol. The number of hydrogen-bond acceptors (Lipinski definition) is 4. The molecule has 0 bridgehead atoms. The predicted octanol–water partition coefficient (Wildman–Crippen LogP) is 3.24. The zero-order valence-electron chi connectivity index (χ0n) is 18.7. The largest absolute Gasteiger partial charge is 0.497 e. The molecule has 6 nitrogen and oxygen atoms in total. The molecule has 2 unspecified atom stereocenters. The van der Waals surface area contributed by atoms with Gasteiger partial charge in [-0.25, -0.2) is 8.78 Å². The summed E-state index contributed by atoms with van der Waals surface area (Å²) < 4.78 is 33.5. The zero-order chi connectivity index (χ0) is 22.5. The Morgan fingerprint density at radius 1 is 1.06 bits per heavy atom. The molecule has 0 radical (unpaired) electrons. The molecule has 2 fully saturated rings. The number of para-hydroxylation sites is 1. The van der Waals surface area contributed by atoms with Crippen molar-refractivity contribution in [2.45, 2.75) is 18.9 Å². The number of nitrogens with zero attached hydrogens (tertiary/aromatic N) is 3. The van der Waals surface area contributed by atoms with Gasteiger partial charge in [-0.2, -0.15) is 0 Å². The van der Waals surface area contributed by atoms with Gasteiger partial charge in [0.05, 0.1) is 7.11 Å². The Labute approximate surface area is 188 Å². The average Bonchev–Trinajstić information content (AvgIpc) is 3.46. The van der Waals surface area contributed by atoms with E-state index in [2.05, 4.69) is 32.7 Å². The van der Waals surface area contributed by atoms with Gasteiger partial charge in [0.25, 0.3) is 0 Å². The first-order valence-electron chi connectivity index (χ1n) is 11.1. The topological polar surface area (TPSA) is 52.1 Å². The summed E-state index contributed by atoms with van der Waals surface area (Å²) in [5.74, 6) is 1.07. The third kappa shape index (κ3) is 5.06. The fourth-order valence-corrected chi connectivity index (χ4v) is 4.54. The molecular weight excluding hydrogens is 412 g/mol. The minimum Gasteiger partial charge on any atom is -0.497 e. The molecule has 2 aromatic rings. The number of guanidine groups is 1. The number of hydrogen-bond donors (Lipinski definition) is 2. The van der Waals surface area contributed by atoms with Crippen LogP contribution in [0.15, 0.2) is 47.5 Å². The van der Waals surface area contributed by atoms with Crippen LogP contribution in [0.1, 0.15) is 12.8 Å². The Kier molecular flexibility index (Phi) is 6.97. The smallest absolute Gasteiger partial charge is 0.191 e. The van der Waals surface area contributed by atoms with Crippen molar-refractivity contribution < 1.29 is 13.5 Å². The molecule has 0 aliphatic carbocycles. The van der Waals surface area contributed by atoms with E-state index in [-0.39, 0.29) is 11.7 Å². The third-order valence-corrected chi connectivity index (χ3v) is 6.27. The lowest BCUT2D eigenvalue weighted by Gasteiger charge is -2.22. The first kappa shape index (κ1) is 22.2. The van der Waals surface area contributed by atoms with Gasteiger partial charge in [-0.1, -0.05) is 12.1 Å². The minimum atomic E-state index is -0.519. The van der Waals surface area contributed by atoms with Crippen LogP contribution < -0.4 is 25.2 Å². The Balaban J connectivity index is 1.26. The molecule has 2 N–H and O–H groups in total. The Hall–Kier alpha value is -3.03. The van der Waals surface area contributed by atoms with Gasteiger partial charge >= 0.3 is 0 Å². The molecule has 2 aliphatic rings. The standard InChI is InChI=1S/C24H31F2N5O/c1-27-24(29-18-10-12-31(16-18)23-21(25)7-4-8-22(23)26)28-14-17-9-11-30(15-17)19-5-3-6-20(13-19)32-2/h3-8,13,17-18H,9-12,14-16H2,1-2H3,(H2,27,28,29). The van der Waals surface area contributed by atoms with Crippen molar-refractivity contribution in [3.8, 4) is 5.75 Å². The molecule has 32 heavy (non-hydrogen) atoms. The summed E-state index contributed by atoms with van der Waals surface area (Å²) >= 11 is 0. The Morgan fingerprint density at radius 2 is 1.81 bits per heavy atom. The van der Waals surface area contributed by atoms with Crippen LogP contribution in [0.5, 0.6) is 5.75 Å². The van der Waals surface area contributed by atoms with Crippen LogP contribution in [0.2, 0.25) is 0 Å². The van der Waals surface area contributed by atoms with Crippen LogP contribution in [-0.4, -0.2) is 58.9 Å². The van der Waals surface area contributed by atoms with Gasteiger partial charge in [0, 0.05) is 57.6 Å². The van der Waals surface area contributed by atoms with Gasteiger partial charge in [0.15, 0.2) is 5.96 Å². The van der Waals surface area contributed by atoms with Crippen molar-refractivity contribution in [2.24, 2.45) is 10.9 Å². The maximum Gasteiger partial charge on any atom is 0.191 e. The fourth-order valence-electron chi connectivity index (χ4n) is 4.54. The number of aliphatic imine (C=N–C) groups is 1. The molecule has 2 atom stereocenters. The summed E-state index contributed by atoms with van der Waals surface area (Å²) in [4.78, 5) is 8.48. The molecule has 2 heterocycles. The average molecular weight is 444 g/mol. The van der Waals surface area contributed by atoms with Crippen LogP contribution in [0, 0.1) is 17.6 Å². The van der Waals surface area contributed by atoms with E-state index in [4.69, 9.17) is 4.74 Å². The molecule has 2 aliphatic heterocycles. The summed E-state index contributed by atoms with van der Waals surface area (Å²) in [5, 5.41) is 6.84. The highest BCUT2D eigenvalue weighted by atomic mass is 19.1. The van der Waals surface area contributed by atoms with E-state index in [1.165, 1.54) is 23.9 Å². The first-order valence-corrected chi connectivity index (χ1v) is 11.1. The summed E-state index contributed by atoms with van der Waals surface area (Å²) in [5.41, 5.74) is 1.24. The molecule has 0 saturated carbocycles. The molecule has 0 amide bonds. The van der Waals surface area contributed by atoms with Gasteiger partial charge < -0.3 is 25.2 Å². The number of ether oxygens (including phenoxy) is 1. The molecule has 4 rings (SSSR count). The monoisotopic (exact) mass is 443 g/mol. The van der Waals surface area contributed by atoms with Crippen LogP contribution >= 0.6 is 0 Å².